The van der Waals surface area contributed by atoms with Gasteiger partial charge in [0.05, 0.1) is 6.61 Å². The molecule has 0 aliphatic heterocycles. The fourth-order valence-electron chi connectivity index (χ4n) is 2.22. The van der Waals surface area contributed by atoms with Gasteiger partial charge in [0, 0.05) is 5.92 Å². The molecule has 6 heteroatoms. The fourth-order valence-corrected chi connectivity index (χ4v) is 2.56. The maximum atomic E-state index is 10.6. The first kappa shape index (κ1) is 24.9. The molecule has 0 aliphatic carbocycles. The molecule has 0 amide bonds. The SMILES string of the molecule is CCCCC/C=C/C(CCCCCCC)COS(=O)(=O)[O-].[Na+]. The third-order valence-corrected chi connectivity index (χ3v) is 3.91. The molecule has 126 valence electrons. The number of hydrogen-bond donors (Lipinski definition) is 0. The van der Waals surface area contributed by atoms with Crippen LogP contribution in [0.1, 0.15) is 78.1 Å². The van der Waals surface area contributed by atoms with Crippen LogP contribution < -0.4 is 29.6 Å². The Kier molecular flexibility index (Phi) is 18.6. The van der Waals surface area contributed by atoms with Gasteiger partial charge >= 0.3 is 29.6 Å². The van der Waals surface area contributed by atoms with E-state index in [0.717, 1.165) is 32.1 Å². The molecule has 22 heavy (non-hydrogen) atoms. The molecule has 0 rings (SSSR count). The molecule has 0 bridgehead atoms. The molecule has 0 aromatic rings. The van der Waals surface area contributed by atoms with Crippen molar-refractivity contribution in [2.75, 3.05) is 6.61 Å². The van der Waals surface area contributed by atoms with Gasteiger partial charge in [0.15, 0.2) is 0 Å². The summed E-state index contributed by atoms with van der Waals surface area (Å²) in [6, 6.07) is 0. The maximum absolute atomic E-state index is 10.6. The summed E-state index contributed by atoms with van der Waals surface area (Å²) in [4.78, 5) is 0. The maximum Gasteiger partial charge on any atom is 1.00 e. The molecule has 0 spiro atoms. The number of hydrogen-bond acceptors (Lipinski definition) is 4. The van der Waals surface area contributed by atoms with Gasteiger partial charge < -0.3 is 4.55 Å². The Balaban J connectivity index is 0. The van der Waals surface area contributed by atoms with Crippen LogP contribution in [-0.4, -0.2) is 19.6 Å². The van der Waals surface area contributed by atoms with Crippen molar-refractivity contribution in [2.45, 2.75) is 78.1 Å². The minimum atomic E-state index is -4.58. The predicted molar refractivity (Wildman–Crippen MR) is 85.8 cm³/mol. The Morgan fingerprint density at radius 2 is 1.59 bits per heavy atom. The molecule has 0 saturated heterocycles. The first-order valence-electron chi connectivity index (χ1n) is 8.26. The molecule has 0 radical (unpaired) electrons. The topological polar surface area (TPSA) is 66.4 Å². The third-order valence-electron chi connectivity index (χ3n) is 3.49. The van der Waals surface area contributed by atoms with Gasteiger partial charge in [-0.2, -0.15) is 0 Å². The Hall–Kier alpha value is 0.610. The summed E-state index contributed by atoms with van der Waals surface area (Å²) >= 11 is 0. The Labute approximate surface area is 159 Å². The number of allylic oxidation sites excluding steroid dienone is 1. The van der Waals surface area contributed by atoms with E-state index < -0.39 is 10.4 Å². The van der Waals surface area contributed by atoms with Gasteiger partial charge in [-0.15, -0.1) is 0 Å². The standard InChI is InChI=1S/C16H32O4S.Na/c1-3-5-7-9-11-13-16(15-20-21(17,18)19)14-12-10-8-6-4-2;/h11,13,16H,3-10,12,14-15H2,1-2H3,(H,17,18,19);/q;+1/p-1/b13-11+;. The van der Waals surface area contributed by atoms with Crippen LogP contribution in [0.3, 0.4) is 0 Å². The van der Waals surface area contributed by atoms with E-state index in [4.69, 9.17) is 0 Å². The van der Waals surface area contributed by atoms with Crippen molar-refractivity contribution >= 4 is 10.4 Å². The first-order valence-corrected chi connectivity index (χ1v) is 9.59. The minimum Gasteiger partial charge on any atom is -0.726 e. The molecule has 0 aromatic carbocycles. The number of unbranched alkanes of at least 4 members (excludes halogenated alkanes) is 7. The van der Waals surface area contributed by atoms with Crippen molar-refractivity contribution in [1.82, 2.24) is 0 Å². The quantitative estimate of drug-likeness (QED) is 0.158. The van der Waals surface area contributed by atoms with Crippen molar-refractivity contribution < 1.29 is 46.7 Å². The van der Waals surface area contributed by atoms with Crippen LogP contribution in [0.2, 0.25) is 0 Å². The second-order valence-electron chi connectivity index (χ2n) is 5.58. The summed E-state index contributed by atoms with van der Waals surface area (Å²) < 4.78 is 36.1. The van der Waals surface area contributed by atoms with E-state index in [1.165, 1.54) is 32.1 Å². The fraction of sp³-hybridized carbons (Fsp3) is 0.875. The third kappa shape index (κ3) is 18.7. The minimum absolute atomic E-state index is 0. The van der Waals surface area contributed by atoms with Crippen molar-refractivity contribution in [3.63, 3.8) is 0 Å². The summed E-state index contributed by atoms with van der Waals surface area (Å²) in [5.41, 5.74) is 0. The molecule has 0 aliphatic rings. The van der Waals surface area contributed by atoms with Gasteiger partial charge in [0.2, 0.25) is 10.4 Å². The molecule has 0 heterocycles. The predicted octanol–water partition coefficient (Wildman–Crippen LogP) is 1.58. The molecule has 0 N–H and O–H groups in total. The Morgan fingerprint density at radius 3 is 2.18 bits per heavy atom. The van der Waals surface area contributed by atoms with E-state index in [2.05, 4.69) is 24.1 Å². The Morgan fingerprint density at radius 1 is 1.00 bits per heavy atom. The van der Waals surface area contributed by atoms with Crippen LogP contribution in [0, 0.1) is 5.92 Å². The summed E-state index contributed by atoms with van der Waals surface area (Å²) in [6.07, 6.45) is 15.4. The summed E-state index contributed by atoms with van der Waals surface area (Å²) in [5, 5.41) is 0. The van der Waals surface area contributed by atoms with Gasteiger partial charge in [0.1, 0.15) is 0 Å². The molecule has 1 atom stereocenters. The van der Waals surface area contributed by atoms with Crippen molar-refractivity contribution in [2.24, 2.45) is 5.92 Å². The zero-order chi connectivity index (χ0) is 16.0. The molecule has 0 aromatic heterocycles. The first-order chi connectivity index (χ1) is 9.99. The zero-order valence-corrected chi connectivity index (χ0v) is 17.4. The largest absolute Gasteiger partial charge is 1.00 e. The molecular formula is C16H31NaO4S. The second-order valence-corrected chi connectivity index (χ2v) is 6.63. The monoisotopic (exact) mass is 342 g/mol. The summed E-state index contributed by atoms with van der Waals surface area (Å²) in [7, 11) is -4.58. The number of rotatable bonds is 14. The van der Waals surface area contributed by atoms with E-state index >= 15 is 0 Å². The molecule has 0 fully saturated rings. The van der Waals surface area contributed by atoms with Crippen molar-refractivity contribution in [1.29, 1.82) is 0 Å². The molecule has 0 saturated carbocycles. The molecular weight excluding hydrogens is 311 g/mol. The van der Waals surface area contributed by atoms with E-state index in [-0.39, 0.29) is 42.1 Å². The van der Waals surface area contributed by atoms with Gasteiger partial charge in [0.25, 0.3) is 0 Å². The zero-order valence-electron chi connectivity index (χ0n) is 14.6. The van der Waals surface area contributed by atoms with Gasteiger partial charge in [-0.3, -0.25) is 4.18 Å². The average molecular weight is 342 g/mol. The van der Waals surface area contributed by atoms with Crippen LogP contribution in [0.25, 0.3) is 0 Å². The average Bonchev–Trinajstić information content (AvgIpc) is 2.42. The molecule has 4 nitrogen and oxygen atoms in total. The van der Waals surface area contributed by atoms with Gasteiger partial charge in [-0.25, -0.2) is 8.42 Å². The van der Waals surface area contributed by atoms with E-state index in [1.807, 2.05) is 6.08 Å². The van der Waals surface area contributed by atoms with Crippen LogP contribution in [0.4, 0.5) is 0 Å². The Bertz CT molecular complexity index is 355. The molecule has 1 unspecified atom stereocenters. The van der Waals surface area contributed by atoms with E-state index in [0.29, 0.717) is 0 Å². The van der Waals surface area contributed by atoms with E-state index in [1.54, 1.807) is 0 Å². The van der Waals surface area contributed by atoms with Crippen LogP contribution >= 0.6 is 0 Å². The van der Waals surface area contributed by atoms with Crippen LogP contribution in [-0.2, 0) is 14.6 Å². The van der Waals surface area contributed by atoms with Gasteiger partial charge in [-0.1, -0.05) is 70.9 Å². The summed E-state index contributed by atoms with van der Waals surface area (Å²) in [6.45, 7) is 4.31. The normalized spacial score (nSPS) is 13.2. The smallest absolute Gasteiger partial charge is 0.726 e. The van der Waals surface area contributed by atoms with Crippen molar-refractivity contribution in [3.05, 3.63) is 12.2 Å². The van der Waals surface area contributed by atoms with Gasteiger partial charge in [-0.05, 0) is 19.3 Å². The van der Waals surface area contributed by atoms with Crippen molar-refractivity contribution in [3.8, 4) is 0 Å². The second kappa shape index (κ2) is 16.5. The summed E-state index contributed by atoms with van der Waals surface area (Å²) in [5.74, 6) is 0.0250. The van der Waals surface area contributed by atoms with E-state index in [9.17, 15) is 13.0 Å². The van der Waals surface area contributed by atoms with Crippen LogP contribution in [0.15, 0.2) is 12.2 Å². The van der Waals surface area contributed by atoms with Crippen LogP contribution in [0.5, 0.6) is 0 Å².